The summed E-state index contributed by atoms with van der Waals surface area (Å²) in [7, 11) is 0. The fraction of sp³-hybridized carbons (Fsp3) is 0.308. The van der Waals surface area contributed by atoms with Gasteiger partial charge in [-0.1, -0.05) is 13.8 Å². The van der Waals surface area contributed by atoms with Crippen molar-refractivity contribution in [1.82, 2.24) is 5.32 Å². The number of aliphatic carboxylic acids is 1. The first-order chi connectivity index (χ1) is 8.93. The molecule has 6 nitrogen and oxygen atoms in total. The summed E-state index contributed by atoms with van der Waals surface area (Å²) in [6.45, 7) is 3.42. The first kappa shape index (κ1) is 14.5. The summed E-state index contributed by atoms with van der Waals surface area (Å²) in [4.78, 5) is 22.6. The summed E-state index contributed by atoms with van der Waals surface area (Å²) >= 11 is 0. The highest BCUT2D eigenvalue weighted by Crippen LogP contribution is 2.09. The van der Waals surface area contributed by atoms with Crippen LogP contribution >= 0.6 is 0 Å². The number of nitrogens with one attached hydrogen (secondary N) is 2. The molecular formula is C13H15N3O3. The van der Waals surface area contributed by atoms with Crippen LogP contribution in [0.25, 0.3) is 0 Å². The molecule has 1 unspecified atom stereocenters. The van der Waals surface area contributed by atoms with E-state index < -0.39 is 18.0 Å². The van der Waals surface area contributed by atoms with Crippen molar-refractivity contribution >= 4 is 17.7 Å². The van der Waals surface area contributed by atoms with Gasteiger partial charge in [0.2, 0.25) is 0 Å². The lowest BCUT2D eigenvalue weighted by Gasteiger charge is -2.18. The van der Waals surface area contributed by atoms with Gasteiger partial charge in [0, 0.05) is 5.69 Å². The Bertz CT molecular complexity index is 503. The Balaban J connectivity index is 2.64. The van der Waals surface area contributed by atoms with Gasteiger partial charge < -0.3 is 15.7 Å². The van der Waals surface area contributed by atoms with Gasteiger partial charge in [-0.3, -0.25) is 0 Å². The molecule has 0 heterocycles. The molecule has 3 N–H and O–H groups in total. The van der Waals surface area contributed by atoms with E-state index in [1.165, 1.54) is 0 Å². The summed E-state index contributed by atoms with van der Waals surface area (Å²) in [5.41, 5.74) is 0.973. The molecule has 0 saturated heterocycles. The highest BCUT2D eigenvalue weighted by atomic mass is 16.4. The van der Waals surface area contributed by atoms with E-state index in [2.05, 4.69) is 10.6 Å². The van der Waals surface area contributed by atoms with Gasteiger partial charge in [0.1, 0.15) is 6.04 Å². The summed E-state index contributed by atoms with van der Waals surface area (Å²) in [6.07, 6.45) is 0. The minimum absolute atomic E-state index is 0.218. The van der Waals surface area contributed by atoms with Crippen LogP contribution in [0, 0.1) is 17.2 Å². The molecule has 100 valence electrons. The van der Waals surface area contributed by atoms with Gasteiger partial charge in [-0.15, -0.1) is 0 Å². The number of hydrogen-bond donors (Lipinski definition) is 3. The number of benzene rings is 1. The van der Waals surface area contributed by atoms with Crippen LogP contribution in [-0.4, -0.2) is 23.1 Å². The number of carboxylic acid groups (broad SMARTS) is 1. The normalized spacial score (nSPS) is 11.5. The second kappa shape index (κ2) is 6.40. The van der Waals surface area contributed by atoms with E-state index in [9.17, 15) is 9.59 Å². The van der Waals surface area contributed by atoms with Gasteiger partial charge in [0.25, 0.3) is 0 Å². The predicted octanol–water partition coefficient (Wildman–Crippen LogP) is 1.79. The molecule has 6 heteroatoms. The van der Waals surface area contributed by atoms with Crippen LogP contribution in [0.2, 0.25) is 0 Å². The Morgan fingerprint density at radius 2 is 1.84 bits per heavy atom. The maximum atomic E-state index is 11.6. The topological polar surface area (TPSA) is 102 Å². The number of nitrogens with zero attached hydrogens (tertiary/aromatic N) is 1. The number of nitriles is 1. The van der Waals surface area contributed by atoms with Crippen LogP contribution in [0.15, 0.2) is 24.3 Å². The molecule has 0 aliphatic carbocycles. The molecule has 0 spiro atoms. The number of anilines is 1. The van der Waals surface area contributed by atoms with Crippen molar-refractivity contribution in [2.24, 2.45) is 5.92 Å². The van der Waals surface area contributed by atoms with Crippen molar-refractivity contribution < 1.29 is 14.7 Å². The first-order valence-corrected chi connectivity index (χ1v) is 5.74. The second-order valence-corrected chi connectivity index (χ2v) is 4.35. The molecule has 0 bridgehead atoms. The van der Waals surface area contributed by atoms with Crippen molar-refractivity contribution in [3.8, 4) is 6.07 Å². The van der Waals surface area contributed by atoms with Crippen LogP contribution in [0.4, 0.5) is 10.5 Å². The third kappa shape index (κ3) is 4.32. The quantitative estimate of drug-likeness (QED) is 0.768. The Hall–Kier alpha value is -2.55. The third-order valence-electron chi connectivity index (χ3n) is 2.49. The Morgan fingerprint density at radius 1 is 1.26 bits per heavy atom. The molecule has 19 heavy (non-hydrogen) atoms. The van der Waals surface area contributed by atoms with E-state index in [4.69, 9.17) is 10.4 Å². The van der Waals surface area contributed by atoms with E-state index in [0.717, 1.165) is 0 Å². The lowest BCUT2D eigenvalue weighted by molar-refractivity contribution is -0.140. The number of rotatable bonds is 4. The predicted molar refractivity (Wildman–Crippen MR) is 69.6 cm³/mol. The number of carbonyl (C=O) groups is 2. The van der Waals surface area contributed by atoms with Crippen LogP contribution < -0.4 is 10.6 Å². The monoisotopic (exact) mass is 261 g/mol. The minimum atomic E-state index is -1.08. The standard InChI is InChI=1S/C13H15N3O3/c1-8(2)11(12(17)18)16-13(19)15-10-5-3-9(7-14)4-6-10/h3-6,8,11H,1-2H3,(H,17,18)(H2,15,16,19). The maximum absolute atomic E-state index is 11.6. The number of carboxylic acids is 1. The fourth-order valence-electron chi connectivity index (χ4n) is 1.45. The smallest absolute Gasteiger partial charge is 0.326 e. The van der Waals surface area contributed by atoms with Crippen LogP contribution in [0.5, 0.6) is 0 Å². The second-order valence-electron chi connectivity index (χ2n) is 4.35. The number of carbonyl (C=O) groups excluding carboxylic acids is 1. The van der Waals surface area contributed by atoms with Crippen molar-refractivity contribution in [3.63, 3.8) is 0 Å². The van der Waals surface area contributed by atoms with Gasteiger partial charge in [0.05, 0.1) is 11.6 Å². The fourth-order valence-corrected chi connectivity index (χ4v) is 1.45. The van der Waals surface area contributed by atoms with E-state index in [1.807, 2.05) is 6.07 Å². The van der Waals surface area contributed by atoms with Crippen molar-refractivity contribution in [2.45, 2.75) is 19.9 Å². The zero-order chi connectivity index (χ0) is 14.4. The molecule has 2 amide bonds. The van der Waals surface area contributed by atoms with Gasteiger partial charge in [-0.05, 0) is 30.2 Å². The number of hydrogen-bond acceptors (Lipinski definition) is 3. The lowest BCUT2D eigenvalue weighted by atomic mass is 10.1. The van der Waals surface area contributed by atoms with Crippen molar-refractivity contribution in [3.05, 3.63) is 29.8 Å². The molecule has 0 aromatic heterocycles. The highest BCUT2D eigenvalue weighted by molar-refractivity contribution is 5.92. The van der Waals surface area contributed by atoms with Crippen molar-refractivity contribution in [1.29, 1.82) is 5.26 Å². The Morgan fingerprint density at radius 3 is 2.26 bits per heavy atom. The molecule has 0 aliphatic rings. The average molecular weight is 261 g/mol. The third-order valence-corrected chi connectivity index (χ3v) is 2.49. The lowest BCUT2D eigenvalue weighted by Crippen LogP contribution is -2.46. The van der Waals surface area contributed by atoms with E-state index >= 15 is 0 Å². The summed E-state index contributed by atoms with van der Waals surface area (Å²) in [6, 6.07) is 6.70. The average Bonchev–Trinajstić information content (AvgIpc) is 2.36. The Kier molecular flexibility index (Phi) is 4.89. The number of urea groups is 1. The van der Waals surface area contributed by atoms with E-state index in [1.54, 1.807) is 38.1 Å². The van der Waals surface area contributed by atoms with E-state index in [-0.39, 0.29) is 5.92 Å². The molecule has 0 aliphatic heterocycles. The SMILES string of the molecule is CC(C)C(NC(=O)Nc1ccc(C#N)cc1)C(=O)O. The molecule has 0 saturated carbocycles. The largest absolute Gasteiger partial charge is 0.480 e. The molecule has 0 radical (unpaired) electrons. The van der Waals surface area contributed by atoms with Gasteiger partial charge in [-0.25, -0.2) is 9.59 Å². The molecule has 0 fully saturated rings. The van der Waals surface area contributed by atoms with Crippen LogP contribution in [-0.2, 0) is 4.79 Å². The maximum Gasteiger partial charge on any atom is 0.326 e. The Labute approximate surface area is 111 Å². The van der Waals surface area contributed by atoms with Gasteiger partial charge >= 0.3 is 12.0 Å². The summed E-state index contributed by atoms with van der Waals surface area (Å²) < 4.78 is 0. The van der Waals surface area contributed by atoms with Gasteiger partial charge in [0.15, 0.2) is 0 Å². The molecular weight excluding hydrogens is 246 g/mol. The molecule has 1 aromatic carbocycles. The molecule has 1 rings (SSSR count). The summed E-state index contributed by atoms with van der Waals surface area (Å²) in [5.74, 6) is -1.30. The zero-order valence-corrected chi connectivity index (χ0v) is 10.7. The molecule has 1 aromatic rings. The van der Waals surface area contributed by atoms with Crippen molar-refractivity contribution in [2.75, 3.05) is 5.32 Å². The number of amides is 2. The molecule has 1 atom stereocenters. The van der Waals surface area contributed by atoms with E-state index in [0.29, 0.717) is 11.3 Å². The van der Waals surface area contributed by atoms with Crippen LogP contribution in [0.1, 0.15) is 19.4 Å². The van der Waals surface area contributed by atoms with Crippen LogP contribution in [0.3, 0.4) is 0 Å². The highest BCUT2D eigenvalue weighted by Gasteiger charge is 2.23. The zero-order valence-electron chi connectivity index (χ0n) is 10.7. The first-order valence-electron chi connectivity index (χ1n) is 5.74. The van der Waals surface area contributed by atoms with Gasteiger partial charge in [-0.2, -0.15) is 5.26 Å². The minimum Gasteiger partial charge on any atom is -0.480 e. The summed E-state index contributed by atoms with van der Waals surface area (Å²) in [5, 5.41) is 22.5.